The van der Waals surface area contributed by atoms with Gasteiger partial charge in [0, 0.05) is 4.47 Å². The van der Waals surface area contributed by atoms with Gasteiger partial charge >= 0.3 is 6.18 Å². The number of benzene rings is 1. The molecule has 0 aliphatic carbocycles. The first-order chi connectivity index (χ1) is 11.1. The highest BCUT2D eigenvalue weighted by Gasteiger charge is 2.47. The summed E-state index contributed by atoms with van der Waals surface area (Å²) in [4.78, 5) is 12.6. The zero-order valence-corrected chi connectivity index (χ0v) is 14.9. The van der Waals surface area contributed by atoms with Crippen LogP contribution in [-0.2, 0) is 4.79 Å². The lowest BCUT2D eigenvalue weighted by atomic mass is 9.97. The Bertz CT molecular complexity index is 596. The van der Waals surface area contributed by atoms with Gasteiger partial charge in [-0.2, -0.15) is 18.4 Å². The van der Waals surface area contributed by atoms with E-state index in [0.29, 0.717) is 4.47 Å². The van der Waals surface area contributed by atoms with Gasteiger partial charge in [0.1, 0.15) is 6.04 Å². The highest BCUT2D eigenvalue weighted by Crippen LogP contribution is 2.39. The molecule has 2 atom stereocenters. The molecule has 1 rings (SSSR count). The molecular formula is C16H19BrF3N3O. The number of hydrogen-bond acceptors (Lipinski definition) is 3. The van der Waals surface area contributed by atoms with Gasteiger partial charge in [0.25, 0.3) is 0 Å². The Kier molecular flexibility index (Phi) is 7.24. The average Bonchev–Trinajstić information content (AvgIpc) is 2.44. The molecular weight excluding hydrogens is 387 g/mol. The Morgan fingerprint density at radius 1 is 1.33 bits per heavy atom. The fourth-order valence-electron chi connectivity index (χ4n) is 2.54. The van der Waals surface area contributed by atoms with Crippen molar-refractivity contribution in [2.75, 3.05) is 6.54 Å². The summed E-state index contributed by atoms with van der Waals surface area (Å²) in [7, 11) is 0. The highest BCUT2D eigenvalue weighted by molar-refractivity contribution is 9.10. The van der Waals surface area contributed by atoms with Gasteiger partial charge in [-0.3, -0.25) is 9.69 Å². The molecule has 0 saturated carbocycles. The fraction of sp³-hybridized carbons (Fsp3) is 0.500. The van der Waals surface area contributed by atoms with E-state index in [0.717, 1.165) is 4.90 Å². The SMILES string of the molecule is CC(C)C[C@@H](C(N)=O)N(CC#N)[C@@H](c1ccc(Br)cc1)C(F)(F)F. The predicted octanol–water partition coefficient (Wildman–Crippen LogP) is 3.78. The summed E-state index contributed by atoms with van der Waals surface area (Å²) in [6, 6.07) is 4.07. The summed E-state index contributed by atoms with van der Waals surface area (Å²) in [6.45, 7) is 3.01. The third kappa shape index (κ3) is 5.49. The quantitative estimate of drug-likeness (QED) is 0.701. The van der Waals surface area contributed by atoms with Gasteiger partial charge in [-0.15, -0.1) is 0 Å². The van der Waals surface area contributed by atoms with Crippen LogP contribution in [0.2, 0.25) is 0 Å². The Labute approximate surface area is 147 Å². The van der Waals surface area contributed by atoms with Crippen LogP contribution in [0.5, 0.6) is 0 Å². The van der Waals surface area contributed by atoms with Gasteiger partial charge in [-0.1, -0.05) is 41.9 Å². The molecule has 0 heterocycles. The number of halogens is 4. The Morgan fingerprint density at radius 3 is 2.25 bits per heavy atom. The van der Waals surface area contributed by atoms with Crippen molar-refractivity contribution in [1.82, 2.24) is 4.90 Å². The van der Waals surface area contributed by atoms with E-state index in [4.69, 9.17) is 11.0 Å². The Morgan fingerprint density at radius 2 is 1.88 bits per heavy atom. The van der Waals surface area contributed by atoms with Gasteiger partial charge in [-0.05, 0) is 30.0 Å². The number of alkyl halides is 3. The van der Waals surface area contributed by atoms with Crippen LogP contribution >= 0.6 is 15.9 Å². The van der Waals surface area contributed by atoms with Crippen molar-refractivity contribution >= 4 is 21.8 Å². The molecule has 2 N–H and O–H groups in total. The molecule has 1 aromatic rings. The summed E-state index contributed by atoms with van der Waals surface area (Å²) in [6.07, 6.45) is -4.52. The minimum atomic E-state index is -4.66. The standard InChI is InChI=1S/C16H19BrF3N3O/c1-10(2)9-13(15(22)24)23(8-7-21)14(16(18,19)20)11-3-5-12(17)6-4-11/h3-6,10,13-14H,8-9H2,1-2H3,(H2,22,24)/t13-,14-/m0/s1. The van der Waals surface area contributed by atoms with Crippen molar-refractivity contribution in [3.63, 3.8) is 0 Å². The summed E-state index contributed by atoms with van der Waals surface area (Å²) < 4.78 is 41.8. The van der Waals surface area contributed by atoms with Crippen molar-refractivity contribution in [2.45, 2.75) is 38.5 Å². The van der Waals surface area contributed by atoms with Gasteiger partial charge in [0.2, 0.25) is 5.91 Å². The number of nitrogens with two attached hydrogens (primary N) is 1. The average molecular weight is 406 g/mol. The highest BCUT2D eigenvalue weighted by atomic mass is 79.9. The maximum atomic E-state index is 13.7. The largest absolute Gasteiger partial charge is 0.408 e. The fourth-order valence-corrected chi connectivity index (χ4v) is 2.80. The molecule has 0 fully saturated rings. The molecule has 24 heavy (non-hydrogen) atoms. The molecule has 1 aromatic carbocycles. The zero-order chi connectivity index (χ0) is 18.5. The van der Waals surface area contributed by atoms with Gasteiger partial charge in [0.15, 0.2) is 0 Å². The topological polar surface area (TPSA) is 70.1 Å². The molecule has 0 spiro atoms. The molecule has 4 nitrogen and oxygen atoms in total. The van der Waals surface area contributed by atoms with E-state index >= 15 is 0 Å². The molecule has 0 aromatic heterocycles. The molecule has 8 heteroatoms. The van der Waals surface area contributed by atoms with Crippen LogP contribution in [-0.4, -0.2) is 29.6 Å². The Balaban J connectivity index is 3.39. The number of rotatable bonds is 7. The van der Waals surface area contributed by atoms with Crippen LogP contribution in [0.15, 0.2) is 28.7 Å². The predicted molar refractivity (Wildman–Crippen MR) is 87.7 cm³/mol. The third-order valence-corrected chi connectivity index (χ3v) is 4.03. The van der Waals surface area contributed by atoms with Crippen molar-refractivity contribution in [1.29, 1.82) is 5.26 Å². The molecule has 0 radical (unpaired) electrons. The van der Waals surface area contributed by atoms with Crippen LogP contribution in [0.1, 0.15) is 31.9 Å². The van der Waals surface area contributed by atoms with E-state index in [-0.39, 0.29) is 17.9 Å². The van der Waals surface area contributed by atoms with E-state index in [1.54, 1.807) is 19.9 Å². The number of carbonyl (C=O) groups excluding carboxylic acids is 1. The smallest absolute Gasteiger partial charge is 0.368 e. The summed E-state index contributed by atoms with van der Waals surface area (Å²) in [5, 5.41) is 8.99. The van der Waals surface area contributed by atoms with Crippen LogP contribution in [0.4, 0.5) is 13.2 Å². The van der Waals surface area contributed by atoms with Crippen molar-refractivity contribution in [2.24, 2.45) is 11.7 Å². The molecule has 0 aliphatic rings. The monoisotopic (exact) mass is 405 g/mol. The second kappa shape index (κ2) is 8.49. The molecule has 0 aliphatic heterocycles. The Hall–Kier alpha value is -1.59. The normalized spacial score (nSPS) is 14.5. The number of nitrogens with zero attached hydrogens (tertiary/aromatic N) is 2. The van der Waals surface area contributed by atoms with Gasteiger partial charge in [-0.25, -0.2) is 0 Å². The lowest BCUT2D eigenvalue weighted by molar-refractivity contribution is -0.192. The van der Waals surface area contributed by atoms with Crippen molar-refractivity contribution in [3.05, 3.63) is 34.3 Å². The summed E-state index contributed by atoms with van der Waals surface area (Å²) in [5.41, 5.74) is 5.29. The maximum Gasteiger partial charge on any atom is 0.408 e. The first-order valence-electron chi connectivity index (χ1n) is 7.32. The van der Waals surface area contributed by atoms with Crippen LogP contribution in [0.25, 0.3) is 0 Å². The maximum absolute atomic E-state index is 13.7. The van der Waals surface area contributed by atoms with E-state index < -0.39 is 30.7 Å². The lowest BCUT2D eigenvalue weighted by Crippen LogP contribution is -2.51. The molecule has 132 valence electrons. The first-order valence-corrected chi connectivity index (χ1v) is 8.11. The van der Waals surface area contributed by atoms with Crippen molar-refractivity contribution < 1.29 is 18.0 Å². The molecule has 1 amide bonds. The minimum Gasteiger partial charge on any atom is -0.368 e. The molecule has 0 unspecified atom stereocenters. The van der Waals surface area contributed by atoms with Crippen LogP contribution in [0.3, 0.4) is 0 Å². The number of primary amides is 1. The zero-order valence-electron chi connectivity index (χ0n) is 13.3. The third-order valence-electron chi connectivity index (χ3n) is 3.50. The van der Waals surface area contributed by atoms with E-state index in [9.17, 15) is 18.0 Å². The number of carbonyl (C=O) groups is 1. The second-order valence-corrected chi connectivity index (χ2v) is 6.79. The van der Waals surface area contributed by atoms with Gasteiger partial charge < -0.3 is 5.73 Å². The van der Waals surface area contributed by atoms with Crippen molar-refractivity contribution in [3.8, 4) is 6.07 Å². The summed E-state index contributed by atoms with van der Waals surface area (Å²) >= 11 is 3.18. The lowest BCUT2D eigenvalue weighted by Gasteiger charge is -2.36. The van der Waals surface area contributed by atoms with E-state index in [1.165, 1.54) is 24.3 Å². The van der Waals surface area contributed by atoms with Crippen LogP contribution < -0.4 is 5.73 Å². The number of nitriles is 1. The van der Waals surface area contributed by atoms with E-state index in [1.807, 2.05) is 0 Å². The molecule has 0 bridgehead atoms. The molecule has 0 saturated heterocycles. The second-order valence-electron chi connectivity index (χ2n) is 5.87. The number of amides is 1. The van der Waals surface area contributed by atoms with Gasteiger partial charge in [0.05, 0.1) is 18.7 Å². The minimum absolute atomic E-state index is 0.0454. The first kappa shape index (κ1) is 20.5. The van der Waals surface area contributed by atoms with E-state index in [2.05, 4.69) is 15.9 Å². The van der Waals surface area contributed by atoms with Crippen LogP contribution in [0, 0.1) is 17.2 Å². The summed E-state index contributed by atoms with van der Waals surface area (Å²) in [5.74, 6) is -0.923. The number of hydrogen-bond donors (Lipinski definition) is 1.